The average molecular weight is 686 g/mol. The van der Waals surface area contributed by atoms with E-state index in [0.717, 1.165) is 67.3 Å². The molecule has 4 N–H and O–H groups in total. The van der Waals surface area contributed by atoms with Crippen molar-refractivity contribution in [2.24, 2.45) is 11.8 Å². The summed E-state index contributed by atoms with van der Waals surface area (Å²) in [7, 11) is 5.40. The Kier molecular flexibility index (Phi) is 11.1. The summed E-state index contributed by atoms with van der Waals surface area (Å²) >= 11 is 0. The maximum atomic E-state index is 12.9. The first-order chi connectivity index (χ1) is 23.4. The normalized spacial score (nSPS) is 24.6. The topological polar surface area (TPSA) is 105 Å². The molecule has 10 heteroatoms. The number of carbonyl (C=O) groups excluding carboxylic acids is 2. The highest BCUT2D eigenvalue weighted by Crippen LogP contribution is 2.54. The minimum Gasteiger partial charge on any atom is -0.504 e. The number of anilines is 1. The van der Waals surface area contributed by atoms with E-state index in [4.69, 9.17) is 9.72 Å². The molecule has 8 nitrogen and oxygen atoms in total. The summed E-state index contributed by atoms with van der Waals surface area (Å²) in [4.78, 5) is 32.1. The number of quaternary nitrogens is 1. The molecule has 6 rings (SSSR count). The van der Waals surface area contributed by atoms with Crippen LogP contribution in [0.1, 0.15) is 60.4 Å². The van der Waals surface area contributed by atoms with Gasteiger partial charge in [0.1, 0.15) is 29.1 Å². The van der Waals surface area contributed by atoms with E-state index in [2.05, 4.69) is 60.2 Å². The SMILES string of the molecule is CCC1CCC(=O)CC(=O)C=Cc2cc(OC)c(O)cc2Cc2cnc3c(c2)C(C[NH+]2C=CNC2)(SSC1)C(Cc1ccccc1)CN3. The Labute approximate surface area is 291 Å². The van der Waals surface area contributed by atoms with Gasteiger partial charge in [-0.05, 0) is 71.7 Å². The van der Waals surface area contributed by atoms with Crippen LogP contribution in [0.3, 0.4) is 0 Å². The van der Waals surface area contributed by atoms with Crippen molar-refractivity contribution in [3.63, 3.8) is 0 Å². The average Bonchev–Trinajstić information content (AvgIpc) is 3.60. The van der Waals surface area contributed by atoms with Gasteiger partial charge >= 0.3 is 0 Å². The zero-order valence-corrected chi connectivity index (χ0v) is 29.3. The summed E-state index contributed by atoms with van der Waals surface area (Å²) in [6, 6.07) is 16.5. The highest BCUT2D eigenvalue weighted by atomic mass is 33.1. The maximum absolute atomic E-state index is 12.9. The first-order valence-electron chi connectivity index (χ1n) is 16.8. The number of aromatic nitrogens is 1. The summed E-state index contributed by atoms with van der Waals surface area (Å²) in [5.41, 5.74) is 5.13. The molecule has 3 aliphatic heterocycles. The van der Waals surface area contributed by atoms with Crippen molar-refractivity contribution in [3.05, 3.63) is 101 Å². The van der Waals surface area contributed by atoms with Gasteiger partial charge in [-0.15, -0.1) is 0 Å². The van der Waals surface area contributed by atoms with E-state index < -0.39 is 0 Å². The lowest BCUT2D eigenvalue weighted by Gasteiger charge is -2.44. The Hall–Kier alpha value is -3.73. The van der Waals surface area contributed by atoms with Gasteiger partial charge in [0.25, 0.3) is 0 Å². The molecule has 0 saturated heterocycles. The fraction of sp³-hybridized carbons (Fsp3) is 0.395. The number of Topliss-reactive ketones (excluding diaryl/α,β-unsaturated/α-hetero) is 1. The molecule has 2 aromatic carbocycles. The van der Waals surface area contributed by atoms with Gasteiger partial charge in [-0.25, -0.2) is 4.98 Å². The lowest BCUT2D eigenvalue weighted by Crippen LogP contribution is -3.09. The number of rotatable bonds is 6. The molecule has 4 atom stereocenters. The number of pyridine rings is 1. The van der Waals surface area contributed by atoms with Crippen LogP contribution in [0.2, 0.25) is 0 Å². The van der Waals surface area contributed by atoms with Crippen molar-refractivity contribution in [3.8, 4) is 11.5 Å². The molecule has 0 saturated carbocycles. The third-order valence-electron chi connectivity index (χ3n) is 9.73. The van der Waals surface area contributed by atoms with Crippen molar-refractivity contribution in [2.45, 2.75) is 50.2 Å². The zero-order valence-electron chi connectivity index (χ0n) is 27.7. The highest BCUT2D eigenvalue weighted by Gasteiger charge is 2.49. The van der Waals surface area contributed by atoms with Gasteiger partial charge in [-0.1, -0.05) is 71.3 Å². The van der Waals surface area contributed by atoms with Gasteiger partial charge in [-0.3, -0.25) is 14.5 Å². The van der Waals surface area contributed by atoms with Crippen LogP contribution >= 0.6 is 21.6 Å². The van der Waals surface area contributed by atoms with Gasteiger partial charge in [0.15, 0.2) is 24.0 Å². The first-order valence-corrected chi connectivity index (χ1v) is 19.1. The molecule has 252 valence electrons. The van der Waals surface area contributed by atoms with E-state index in [9.17, 15) is 14.7 Å². The van der Waals surface area contributed by atoms with E-state index >= 15 is 0 Å². The van der Waals surface area contributed by atoms with Crippen molar-refractivity contribution in [1.82, 2.24) is 10.3 Å². The van der Waals surface area contributed by atoms with Gasteiger partial charge in [0.2, 0.25) is 0 Å². The number of phenols is 1. The summed E-state index contributed by atoms with van der Waals surface area (Å²) < 4.78 is 5.14. The van der Waals surface area contributed by atoms with Crippen LogP contribution in [0.25, 0.3) is 6.08 Å². The van der Waals surface area contributed by atoms with Gasteiger partial charge in [0, 0.05) is 36.4 Å². The van der Waals surface area contributed by atoms with Crippen molar-refractivity contribution >= 4 is 45.0 Å². The lowest BCUT2D eigenvalue weighted by molar-refractivity contribution is -0.846. The highest BCUT2D eigenvalue weighted by molar-refractivity contribution is 8.77. The molecule has 0 fully saturated rings. The van der Waals surface area contributed by atoms with Gasteiger partial charge in [0.05, 0.1) is 19.7 Å². The molecule has 0 amide bonds. The number of hydrogen-bond donors (Lipinski definition) is 4. The number of nitrogens with one attached hydrogen (secondary N) is 3. The van der Waals surface area contributed by atoms with Gasteiger partial charge < -0.3 is 20.5 Å². The molecule has 4 unspecified atom stereocenters. The predicted octanol–water partition coefficient (Wildman–Crippen LogP) is 5.53. The molecule has 3 aliphatic rings. The molecular formula is C38H45N4O4S2+. The number of ketones is 2. The fourth-order valence-corrected chi connectivity index (χ4v) is 10.9. The second kappa shape index (κ2) is 15.7. The van der Waals surface area contributed by atoms with Gasteiger partial charge in [-0.2, -0.15) is 0 Å². The number of methoxy groups -OCH3 is 1. The number of benzene rings is 2. The summed E-state index contributed by atoms with van der Waals surface area (Å²) in [5, 5.41) is 17.9. The van der Waals surface area contributed by atoms with Crippen LogP contribution in [0, 0.1) is 11.8 Å². The number of aromatic hydroxyl groups is 1. The predicted molar refractivity (Wildman–Crippen MR) is 195 cm³/mol. The number of nitrogens with zero attached hydrogens (tertiary/aromatic N) is 1. The second-order valence-corrected chi connectivity index (χ2v) is 15.7. The standard InChI is InChI=1S/C38H44N4O4S2/c1-3-26-9-11-32(43)20-33(44)12-10-29-19-36(46-2)35(45)18-30(29)15-28-17-34-37(40-21-28)41-22-31(16-27-7-5-4-6-8-27)38(34,48-47-23-26)24-42-14-13-39-25-42/h4-8,10,12-14,17-19,21,26,31,39,45H,3,9,11,15-16,20,22-25H2,1-2H3,(H,40,41)/p+1. The van der Waals surface area contributed by atoms with Crippen LogP contribution in [-0.4, -0.2) is 54.3 Å². The third kappa shape index (κ3) is 7.93. The van der Waals surface area contributed by atoms with Crippen LogP contribution in [-0.2, 0) is 27.2 Å². The Morgan fingerprint density at radius 2 is 1.98 bits per heavy atom. The third-order valence-corrected chi connectivity index (χ3v) is 13.1. The number of allylic oxidation sites excluding steroid dienone is 1. The number of hydrogen-bond acceptors (Lipinski definition) is 9. The molecule has 0 spiro atoms. The summed E-state index contributed by atoms with van der Waals surface area (Å²) in [6.45, 7) is 4.73. The van der Waals surface area contributed by atoms with E-state index in [1.165, 1.54) is 29.2 Å². The molecule has 0 aliphatic carbocycles. The molecule has 1 aromatic heterocycles. The number of ether oxygens (including phenoxy) is 1. The van der Waals surface area contributed by atoms with E-state index in [0.29, 0.717) is 24.5 Å². The van der Waals surface area contributed by atoms with Crippen molar-refractivity contribution < 1.29 is 24.3 Å². The maximum Gasteiger partial charge on any atom is 0.163 e. The monoisotopic (exact) mass is 685 g/mol. The number of phenolic OH excluding ortho intramolecular Hbond substituents is 1. The largest absolute Gasteiger partial charge is 0.504 e. The smallest absolute Gasteiger partial charge is 0.163 e. The quantitative estimate of drug-likeness (QED) is 0.197. The molecule has 2 bridgehead atoms. The van der Waals surface area contributed by atoms with E-state index in [1.54, 1.807) is 18.2 Å². The Morgan fingerprint density at radius 1 is 1.12 bits per heavy atom. The van der Waals surface area contributed by atoms with Crippen LogP contribution in [0.4, 0.5) is 5.82 Å². The minimum atomic E-state index is -0.271. The molecule has 48 heavy (non-hydrogen) atoms. The van der Waals surface area contributed by atoms with Crippen LogP contribution < -0.4 is 20.3 Å². The first kappa shape index (κ1) is 34.1. The Morgan fingerprint density at radius 3 is 2.75 bits per heavy atom. The number of carbonyl (C=O) groups is 2. The molecule has 0 radical (unpaired) electrons. The Bertz CT molecular complexity index is 1680. The number of fused-ring (bicyclic) bond motifs is 2. The van der Waals surface area contributed by atoms with Crippen molar-refractivity contribution in [2.75, 3.05) is 37.9 Å². The molecular weight excluding hydrogens is 641 g/mol. The van der Waals surface area contributed by atoms with Crippen LogP contribution in [0.15, 0.2) is 73.2 Å². The van der Waals surface area contributed by atoms with E-state index in [1.807, 2.05) is 34.0 Å². The molecule has 3 aromatic rings. The van der Waals surface area contributed by atoms with Crippen molar-refractivity contribution in [1.29, 1.82) is 0 Å². The van der Waals surface area contributed by atoms with E-state index in [-0.39, 0.29) is 34.4 Å². The molecule has 4 heterocycles. The Balaban J connectivity index is 1.47. The summed E-state index contributed by atoms with van der Waals surface area (Å²) in [5.74, 6) is 2.62. The summed E-state index contributed by atoms with van der Waals surface area (Å²) in [6.07, 6.45) is 12.9. The lowest BCUT2D eigenvalue weighted by atomic mass is 9.78. The second-order valence-electron chi connectivity index (χ2n) is 13.0. The minimum absolute atomic E-state index is 0.0225. The van der Waals surface area contributed by atoms with Crippen LogP contribution in [0.5, 0.6) is 11.5 Å². The fourth-order valence-electron chi connectivity index (χ4n) is 6.92. The zero-order chi connectivity index (χ0) is 33.5.